The van der Waals surface area contributed by atoms with Crippen molar-refractivity contribution in [3.05, 3.63) is 0 Å². The van der Waals surface area contributed by atoms with Crippen LogP contribution in [0.4, 0.5) is 0 Å². The Kier molecular flexibility index (Phi) is 1.62. The Hall–Kier alpha value is -0.120. The second-order valence-corrected chi connectivity index (χ2v) is 1.34. The van der Waals surface area contributed by atoms with Gasteiger partial charge in [0.1, 0.15) is 0 Å². The fourth-order valence-corrected chi connectivity index (χ4v) is 0.421. The van der Waals surface area contributed by atoms with Gasteiger partial charge in [0.05, 0.1) is 0 Å². The summed E-state index contributed by atoms with van der Waals surface area (Å²) in [7, 11) is 0. The van der Waals surface area contributed by atoms with Crippen LogP contribution in [-0.2, 0) is 14.5 Å². The first-order valence-corrected chi connectivity index (χ1v) is 2.33. The molecule has 0 aliphatic carbocycles. The number of rotatable bonds is 1. The molecule has 0 saturated carbocycles. The summed E-state index contributed by atoms with van der Waals surface area (Å²) >= 11 is 0. The third-order valence-electron chi connectivity index (χ3n) is 0.811. The SMILES string of the molecule is CCC1OCOO1. The first-order chi connectivity index (χ1) is 3.43. The molecular weight excluding hydrogens is 96.0 g/mol. The molecular formula is C4H8O3. The minimum Gasteiger partial charge on any atom is -0.320 e. The van der Waals surface area contributed by atoms with E-state index in [4.69, 9.17) is 4.74 Å². The second-order valence-electron chi connectivity index (χ2n) is 1.34. The summed E-state index contributed by atoms with van der Waals surface area (Å²) < 4.78 is 4.86. The maximum absolute atomic E-state index is 4.86. The predicted octanol–water partition coefficient (Wildman–Crippen LogP) is 0.658. The van der Waals surface area contributed by atoms with Crippen molar-refractivity contribution in [2.45, 2.75) is 19.6 Å². The molecule has 1 saturated heterocycles. The highest BCUT2D eigenvalue weighted by Crippen LogP contribution is 2.06. The van der Waals surface area contributed by atoms with Gasteiger partial charge in [0, 0.05) is 0 Å². The van der Waals surface area contributed by atoms with Crippen LogP contribution in [-0.4, -0.2) is 13.1 Å². The van der Waals surface area contributed by atoms with Gasteiger partial charge in [-0.25, -0.2) is 9.78 Å². The van der Waals surface area contributed by atoms with Crippen LogP contribution < -0.4 is 0 Å². The predicted molar refractivity (Wildman–Crippen MR) is 22.2 cm³/mol. The van der Waals surface area contributed by atoms with E-state index in [1.54, 1.807) is 0 Å². The molecule has 1 atom stereocenters. The quantitative estimate of drug-likeness (QED) is 0.457. The standard InChI is InChI=1S/C4H8O3/c1-2-4-5-3-6-7-4/h4H,2-3H2,1H3. The summed E-state index contributed by atoms with van der Waals surface area (Å²) in [5.41, 5.74) is 0. The first kappa shape index (κ1) is 5.03. The number of hydrogen-bond donors (Lipinski definition) is 0. The van der Waals surface area contributed by atoms with Crippen molar-refractivity contribution in [2.24, 2.45) is 0 Å². The molecule has 0 N–H and O–H groups in total. The third kappa shape index (κ3) is 1.12. The molecule has 0 amide bonds. The molecule has 0 spiro atoms. The molecule has 1 aliphatic heterocycles. The van der Waals surface area contributed by atoms with Crippen LogP contribution in [0.25, 0.3) is 0 Å². The van der Waals surface area contributed by atoms with Crippen LogP contribution in [0.1, 0.15) is 13.3 Å². The highest BCUT2D eigenvalue weighted by Gasteiger charge is 2.13. The van der Waals surface area contributed by atoms with Crippen LogP contribution in [0.5, 0.6) is 0 Å². The topological polar surface area (TPSA) is 27.7 Å². The Bertz CT molecular complexity index is 48.9. The normalized spacial score (nSPS) is 31.3. The minimum absolute atomic E-state index is 0.125. The Balaban J connectivity index is 2.14. The van der Waals surface area contributed by atoms with Crippen LogP contribution in [0.3, 0.4) is 0 Å². The van der Waals surface area contributed by atoms with E-state index in [1.165, 1.54) is 0 Å². The van der Waals surface area contributed by atoms with Gasteiger partial charge < -0.3 is 4.74 Å². The van der Waals surface area contributed by atoms with E-state index < -0.39 is 0 Å². The second kappa shape index (κ2) is 2.26. The summed E-state index contributed by atoms with van der Waals surface area (Å²) in [6.45, 7) is 2.25. The van der Waals surface area contributed by atoms with Crippen molar-refractivity contribution >= 4 is 0 Å². The van der Waals surface area contributed by atoms with Crippen molar-refractivity contribution in [3.63, 3.8) is 0 Å². The molecule has 0 bridgehead atoms. The molecule has 0 aromatic heterocycles. The molecule has 42 valence electrons. The maximum Gasteiger partial charge on any atom is 0.193 e. The Labute approximate surface area is 42.1 Å². The van der Waals surface area contributed by atoms with Gasteiger partial charge in [0.15, 0.2) is 13.1 Å². The smallest absolute Gasteiger partial charge is 0.193 e. The van der Waals surface area contributed by atoms with Gasteiger partial charge >= 0.3 is 0 Å². The van der Waals surface area contributed by atoms with E-state index in [2.05, 4.69) is 9.78 Å². The zero-order chi connectivity index (χ0) is 5.11. The fraction of sp³-hybridized carbons (Fsp3) is 1.00. The van der Waals surface area contributed by atoms with Crippen LogP contribution >= 0.6 is 0 Å². The summed E-state index contributed by atoms with van der Waals surface area (Å²) in [5, 5.41) is 0. The van der Waals surface area contributed by atoms with Gasteiger partial charge in [0.25, 0.3) is 0 Å². The fourth-order valence-electron chi connectivity index (χ4n) is 0.421. The maximum atomic E-state index is 4.86. The van der Waals surface area contributed by atoms with Crippen LogP contribution in [0.2, 0.25) is 0 Å². The van der Waals surface area contributed by atoms with Crippen molar-refractivity contribution in [3.8, 4) is 0 Å². The molecule has 0 radical (unpaired) electrons. The number of hydrogen-bond acceptors (Lipinski definition) is 3. The van der Waals surface area contributed by atoms with E-state index >= 15 is 0 Å². The van der Waals surface area contributed by atoms with E-state index in [0.717, 1.165) is 6.42 Å². The van der Waals surface area contributed by atoms with Gasteiger partial charge in [-0.15, -0.1) is 0 Å². The highest BCUT2D eigenvalue weighted by atomic mass is 17.3. The highest BCUT2D eigenvalue weighted by molar-refractivity contribution is 4.34. The molecule has 1 aliphatic rings. The lowest BCUT2D eigenvalue weighted by atomic mass is 10.5. The van der Waals surface area contributed by atoms with Crippen LogP contribution in [0.15, 0.2) is 0 Å². The molecule has 0 aromatic carbocycles. The number of ether oxygens (including phenoxy) is 1. The van der Waals surface area contributed by atoms with E-state index in [9.17, 15) is 0 Å². The van der Waals surface area contributed by atoms with Gasteiger partial charge in [-0.3, -0.25) is 0 Å². The molecule has 3 heteroatoms. The van der Waals surface area contributed by atoms with Gasteiger partial charge in [0.2, 0.25) is 0 Å². The van der Waals surface area contributed by atoms with Gasteiger partial charge in [-0.2, -0.15) is 0 Å². The van der Waals surface area contributed by atoms with E-state index in [1.807, 2.05) is 6.92 Å². The molecule has 1 unspecified atom stereocenters. The lowest BCUT2D eigenvalue weighted by Crippen LogP contribution is -2.03. The van der Waals surface area contributed by atoms with Crippen molar-refractivity contribution < 1.29 is 14.5 Å². The average Bonchev–Trinajstić information content (AvgIpc) is 2.14. The molecule has 1 fully saturated rings. The molecule has 1 rings (SSSR count). The zero-order valence-electron chi connectivity index (χ0n) is 4.22. The Morgan fingerprint density at radius 2 is 2.57 bits per heavy atom. The zero-order valence-corrected chi connectivity index (χ0v) is 4.22. The molecule has 3 nitrogen and oxygen atoms in total. The average molecular weight is 104 g/mol. The molecule has 0 aromatic rings. The van der Waals surface area contributed by atoms with E-state index in [-0.39, 0.29) is 13.1 Å². The summed E-state index contributed by atoms with van der Waals surface area (Å²) in [6.07, 6.45) is 0.722. The first-order valence-electron chi connectivity index (χ1n) is 2.33. The lowest BCUT2D eigenvalue weighted by Gasteiger charge is -1.97. The minimum atomic E-state index is -0.125. The Morgan fingerprint density at radius 1 is 1.71 bits per heavy atom. The van der Waals surface area contributed by atoms with Crippen molar-refractivity contribution in [2.75, 3.05) is 6.79 Å². The third-order valence-corrected chi connectivity index (χ3v) is 0.811. The summed E-state index contributed by atoms with van der Waals surface area (Å²) in [5.74, 6) is 0. The molecule has 1 heterocycles. The summed E-state index contributed by atoms with van der Waals surface area (Å²) in [4.78, 5) is 9.01. The monoisotopic (exact) mass is 104 g/mol. The van der Waals surface area contributed by atoms with Crippen molar-refractivity contribution in [1.82, 2.24) is 0 Å². The lowest BCUT2D eigenvalue weighted by molar-refractivity contribution is -0.277. The van der Waals surface area contributed by atoms with E-state index in [0.29, 0.717) is 0 Å². The Morgan fingerprint density at radius 3 is 2.86 bits per heavy atom. The summed E-state index contributed by atoms with van der Waals surface area (Å²) in [6, 6.07) is 0. The van der Waals surface area contributed by atoms with Crippen molar-refractivity contribution in [1.29, 1.82) is 0 Å². The van der Waals surface area contributed by atoms with Gasteiger partial charge in [-0.1, -0.05) is 6.92 Å². The van der Waals surface area contributed by atoms with Gasteiger partial charge in [-0.05, 0) is 6.42 Å². The molecule has 7 heavy (non-hydrogen) atoms. The van der Waals surface area contributed by atoms with Crippen LogP contribution in [0, 0.1) is 0 Å². The largest absolute Gasteiger partial charge is 0.320 e.